The molecule has 0 saturated heterocycles. The SMILES string of the molecule is COC(=O)c1ccc(C#Cc2cc3cc4nc(c(OC)c5[nH]c(cc6nc(cc2[nH]3)CC6(C)C)cc5/C=C(\C#Cc2ccccc2)c2ccccc2)CC4(C)C)cc1. The maximum Gasteiger partial charge on any atom is 0.337 e. The predicted molar refractivity (Wildman–Crippen MR) is 232 cm³/mol. The van der Waals surface area contributed by atoms with Gasteiger partial charge in [0.2, 0.25) is 0 Å². The zero-order valence-corrected chi connectivity index (χ0v) is 33.6. The number of esters is 1. The Morgan fingerprint density at radius 3 is 2.05 bits per heavy atom. The minimum absolute atomic E-state index is 0.233. The molecule has 0 amide bonds. The Kier molecular flexibility index (Phi) is 10.1. The third-order valence-electron chi connectivity index (χ3n) is 10.6. The van der Waals surface area contributed by atoms with E-state index in [1.807, 2.05) is 60.7 Å². The van der Waals surface area contributed by atoms with Gasteiger partial charge < -0.3 is 19.4 Å². The van der Waals surface area contributed by atoms with E-state index in [0.717, 1.165) is 84.7 Å². The van der Waals surface area contributed by atoms with Gasteiger partial charge in [0.1, 0.15) is 0 Å². The van der Waals surface area contributed by atoms with Crippen LogP contribution in [-0.4, -0.2) is 40.1 Å². The molecule has 2 aliphatic heterocycles. The van der Waals surface area contributed by atoms with Crippen LogP contribution < -0.4 is 4.74 Å². The van der Waals surface area contributed by atoms with Crippen LogP contribution in [0.2, 0.25) is 0 Å². The average molecular weight is 761 g/mol. The normalized spacial score (nSPS) is 14.1. The van der Waals surface area contributed by atoms with Crippen molar-refractivity contribution in [1.29, 1.82) is 0 Å². The zero-order chi connectivity index (χ0) is 40.4. The summed E-state index contributed by atoms with van der Waals surface area (Å²) in [6.45, 7) is 8.86. The summed E-state index contributed by atoms with van der Waals surface area (Å²) in [4.78, 5) is 29.8. The summed E-state index contributed by atoms with van der Waals surface area (Å²) in [5.41, 5.74) is 12.6. The third-order valence-corrected chi connectivity index (χ3v) is 10.6. The Bertz CT molecular complexity index is 2870. The Balaban J connectivity index is 1.36. The third kappa shape index (κ3) is 7.94. The van der Waals surface area contributed by atoms with Gasteiger partial charge in [-0.25, -0.2) is 4.79 Å². The molecule has 7 nitrogen and oxygen atoms in total. The number of nitrogens with one attached hydrogen (secondary N) is 2. The van der Waals surface area contributed by atoms with Gasteiger partial charge in [0.05, 0.1) is 42.1 Å². The van der Waals surface area contributed by atoms with Crippen LogP contribution in [-0.2, 0) is 28.4 Å². The van der Waals surface area contributed by atoms with E-state index in [0.29, 0.717) is 17.7 Å². The van der Waals surface area contributed by atoms with E-state index in [2.05, 4.69) is 110 Å². The number of nitrogens with zero attached hydrogens (tertiary/aromatic N) is 2. The lowest BCUT2D eigenvalue weighted by molar-refractivity contribution is 0.0600. The number of allylic oxidation sites excluding steroid dienone is 1. The number of hydrogen-bond donors (Lipinski definition) is 2. The summed E-state index contributed by atoms with van der Waals surface area (Å²) in [5, 5.41) is 0. The van der Waals surface area contributed by atoms with E-state index in [4.69, 9.17) is 19.4 Å². The van der Waals surface area contributed by atoms with Crippen LogP contribution in [0.1, 0.15) is 88.6 Å². The van der Waals surface area contributed by atoms with Crippen LogP contribution in [0.5, 0.6) is 5.75 Å². The molecule has 0 unspecified atom stereocenters. The van der Waals surface area contributed by atoms with Gasteiger partial charge in [0, 0.05) is 74.1 Å². The summed E-state index contributed by atoms with van der Waals surface area (Å²) in [6.07, 6.45) is 3.57. The minimum atomic E-state index is -0.380. The van der Waals surface area contributed by atoms with Gasteiger partial charge >= 0.3 is 5.97 Å². The van der Waals surface area contributed by atoms with Crippen LogP contribution in [0.3, 0.4) is 0 Å². The molecule has 0 aliphatic carbocycles. The number of carbonyl (C=O) groups excluding carboxylic acids is 1. The van der Waals surface area contributed by atoms with E-state index >= 15 is 0 Å². The molecule has 0 fully saturated rings. The first-order chi connectivity index (χ1) is 28.0. The molecule has 2 N–H and O–H groups in total. The highest BCUT2D eigenvalue weighted by atomic mass is 16.5. The summed E-state index contributed by atoms with van der Waals surface area (Å²) in [6, 6.07) is 38.0. The number of fused-ring (bicyclic) bond motifs is 8. The van der Waals surface area contributed by atoms with Crippen LogP contribution in [0, 0.1) is 23.7 Å². The van der Waals surface area contributed by atoms with Crippen molar-refractivity contribution in [3.8, 4) is 29.4 Å². The molecule has 6 aromatic rings. The summed E-state index contributed by atoms with van der Waals surface area (Å²) < 4.78 is 11.1. The number of aromatic amines is 2. The molecule has 286 valence electrons. The van der Waals surface area contributed by atoms with Crippen LogP contribution in [0.25, 0.3) is 33.7 Å². The van der Waals surface area contributed by atoms with Gasteiger partial charge in [-0.05, 0) is 78.4 Å². The smallest absolute Gasteiger partial charge is 0.337 e. The molecule has 3 aromatic heterocycles. The quantitative estimate of drug-likeness (QED) is 0.138. The van der Waals surface area contributed by atoms with Gasteiger partial charge in [0.15, 0.2) is 5.75 Å². The fourth-order valence-corrected chi connectivity index (χ4v) is 7.46. The van der Waals surface area contributed by atoms with Crippen molar-refractivity contribution < 1.29 is 14.3 Å². The molecule has 0 spiro atoms. The molecule has 2 aliphatic rings. The summed E-state index contributed by atoms with van der Waals surface area (Å²) in [5.74, 6) is 13.8. The second kappa shape index (κ2) is 15.4. The Morgan fingerprint density at radius 2 is 1.34 bits per heavy atom. The van der Waals surface area contributed by atoms with Crippen molar-refractivity contribution in [3.63, 3.8) is 0 Å². The largest absolute Gasteiger partial charge is 0.493 e. The summed E-state index contributed by atoms with van der Waals surface area (Å²) in [7, 11) is 3.08. The molecular formula is C51H44N4O3. The number of hydrogen-bond acceptors (Lipinski definition) is 5. The fourth-order valence-electron chi connectivity index (χ4n) is 7.46. The highest BCUT2D eigenvalue weighted by Crippen LogP contribution is 2.38. The van der Waals surface area contributed by atoms with Crippen molar-refractivity contribution >= 4 is 39.7 Å². The second-order valence-electron chi connectivity index (χ2n) is 16.0. The number of carbonyl (C=O) groups is 1. The summed E-state index contributed by atoms with van der Waals surface area (Å²) >= 11 is 0. The van der Waals surface area contributed by atoms with Gasteiger partial charge in [-0.2, -0.15) is 0 Å². The molecule has 0 atom stereocenters. The number of rotatable bonds is 4. The number of H-pyrrole nitrogens is 2. The molecule has 5 heterocycles. The monoisotopic (exact) mass is 760 g/mol. The average Bonchev–Trinajstić information content (AvgIpc) is 3.95. The molecular weight excluding hydrogens is 717 g/mol. The Hall–Kier alpha value is -7.09. The lowest BCUT2D eigenvalue weighted by Gasteiger charge is -2.16. The predicted octanol–water partition coefficient (Wildman–Crippen LogP) is 10.1. The zero-order valence-electron chi connectivity index (χ0n) is 33.6. The topological polar surface area (TPSA) is 92.9 Å². The second-order valence-corrected chi connectivity index (χ2v) is 16.0. The number of aromatic nitrogens is 4. The first-order valence-electron chi connectivity index (χ1n) is 19.3. The van der Waals surface area contributed by atoms with E-state index in [9.17, 15) is 4.79 Å². The van der Waals surface area contributed by atoms with Gasteiger partial charge in [-0.3, -0.25) is 9.97 Å². The number of ether oxygens (including phenoxy) is 2. The maximum atomic E-state index is 12.0. The highest BCUT2D eigenvalue weighted by molar-refractivity contribution is 5.96. The Morgan fingerprint density at radius 1 is 0.690 bits per heavy atom. The van der Waals surface area contributed by atoms with Gasteiger partial charge in [0.25, 0.3) is 0 Å². The molecule has 0 radical (unpaired) electrons. The highest BCUT2D eigenvalue weighted by Gasteiger charge is 2.32. The standard InChI is InChI=1S/C51H44N4O3/c1-50(2)31-42-28-43-38(24-20-34-17-21-36(22-18-34)49(56)58-6)26-40(52-43)29-46-51(3,4)32-44(55-46)48(57-5)47-39(27-41(54-47)30-45(50)53-42)25-37(35-15-11-8-12-16-35)23-19-33-13-9-7-10-14-33/h7-18,21-22,25-30,52,54H,31-32H2,1-6H3/b37-25+,40-29?,41-30?,42-28?,43-28?,45-30?,46-29?,48-44?,48-47?. The van der Waals surface area contributed by atoms with Crippen LogP contribution in [0.15, 0.2) is 115 Å². The van der Waals surface area contributed by atoms with Crippen molar-refractivity contribution in [2.24, 2.45) is 0 Å². The first-order valence-corrected chi connectivity index (χ1v) is 19.3. The van der Waals surface area contributed by atoms with Crippen LogP contribution in [0.4, 0.5) is 0 Å². The lowest BCUT2D eigenvalue weighted by atomic mass is 9.87. The molecule has 58 heavy (non-hydrogen) atoms. The van der Waals surface area contributed by atoms with Crippen molar-refractivity contribution in [1.82, 2.24) is 19.9 Å². The van der Waals surface area contributed by atoms with Crippen molar-refractivity contribution in [2.45, 2.75) is 51.4 Å². The number of methoxy groups -OCH3 is 2. The van der Waals surface area contributed by atoms with Gasteiger partial charge in [-0.15, -0.1) is 0 Å². The fraction of sp³-hybridized carbons (Fsp3) is 0.196. The first kappa shape index (κ1) is 37.8. The van der Waals surface area contributed by atoms with Crippen molar-refractivity contribution in [2.75, 3.05) is 14.2 Å². The number of benzene rings is 3. The van der Waals surface area contributed by atoms with E-state index < -0.39 is 0 Å². The Labute approximate surface area is 339 Å². The molecule has 8 rings (SSSR count). The molecule has 0 saturated carbocycles. The molecule has 3 aromatic carbocycles. The maximum absolute atomic E-state index is 12.0. The lowest BCUT2D eigenvalue weighted by Crippen LogP contribution is -2.15. The van der Waals surface area contributed by atoms with E-state index in [-0.39, 0.29) is 16.8 Å². The minimum Gasteiger partial charge on any atom is -0.493 e. The molecule has 8 bridgehead atoms. The van der Waals surface area contributed by atoms with E-state index in [1.165, 1.54) is 7.11 Å². The van der Waals surface area contributed by atoms with E-state index in [1.54, 1.807) is 19.2 Å². The van der Waals surface area contributed by atoms with Crippen LogP contribution >= 0.6 is 0 Å². The van der Waals surface area contributed by atoms with Gasteiger partial charge in [-0.1, -0.05) is 99.9 Å². The van der Waals surface area contributed by atoms with Crippen molar-refractivity contribution in [3.05, 3.63) is 171 Å². The molecule has 7 heteroatoms.